The second-order valence-corrected chi connectivity index (χ2v) is 5.19. The summed E-state index contributed by atoms with van der Waals surface area (Å²) in [7, 11) is 0. The molecule has 1 aromatic rings. The van der Waals surface area contributed by atoms with E-state index in [0.29, 0.717) is 11.3 Å². The Hall–Kier alpha value is -1.13. The van der Waals surface area contributed by atoms with Crippen LogP contribution in [0.4, 0.5) is 4.39 Å². The molecule has 100 valence electrons. The average molecular weight is 253 g/mol. The van der Waals surface area contributed by atoms with Gasteiger partial charge in [0.25, 0.3) is 0 Å². The molecule has 4 heteroatoms. The first-order valence-corrected chi connectivity index (χ1v) is 6.40. The quantitative estimate of drug-likeness (QED) is 0.867. The number of hydrogen-bond donors (Lipinski definition) is 2. The Bertz CT molecular complexity index is 414. The lowest BCUT2D eigenvalue weighted by molar-refractivity contribution is 0.00104. The third kappa shape index (κ3) is 3.00. The van der Waals surface area contributed by atoms with E-state index in [1.165, 1.54) is 12.1 Å². The molecule has 0 spiro atoms. The van der Waals surface area contributed by atoms with E-state index in [0.717, 1.165) is 25.7 Å². The average Bonchev–Trinajstić information content (AvgIpc) is 2.75. The van der Waals surface area contributed by atoms with Crippen molar-refractivity contribution >= 4 is 0 Å². The summed E-state index contributed by atoms with van der Waals surface area (Å²) in [5, 5.41) is 10.2. The fourth-order valence-electron chi connectivity index (χ4n) is 2.40. The van der Waals surface area contributed by atoms with Crippen molar-refractivity contribution in [3.05, 3.63) is 29.6 Å². The van der Waals surface area contributed by atoms with Crippen LogP contribution >= 0.6 is 0 Å². The Morgan fingerprint density at radius 1 is 1.44 bits per heavy atom. The molecule has 1 fully saturated rings. The van der Waals surface area contributed by atoms with Crippen molar-refractivity contribution < 1.29 is 14.2 Å². The smallest absolute Gasteiger partial charge is 0.124 e. The molecule has 2 rings (SSSR count). The molecule has 18 heavy (non-hydrogen) atoms. The normalized spacial score (nSPS) is 19.8. The molecule has 0 unspecified atom stereocenters. The van der Waals surface area contributed by atoms with Gasteiger partial charge in [-0.25, -0.2) is 4.39 Å². The summed E-state index contributed by atoms with van der Waals surface area (Å²) < 4.78 is 18.8. The SMILES string of the molecule is C[C@@H](N)c1cc(F)ccc1OCC1(O)CCCC1. The number of halogens is 1. The molecule has 0 aromatic heterocycles. The topological polar surface area (TPSA) is 55.5 Å². The fourth-order valence-corrected chi connectivity index (χ4v) is 2.40. The van der Waals surface area contributed by atoms with E-state index in [-0.39, 0.29) is 18.5 Å². The van der Waals surface area contributed by atoms with E-state index < -0.39 is 5.60 Å². The Balaban J connectivity index is 2.09. The van der Waals surface area contributed by atoms with Gasteiger partial charge in [0.05, 0.1) is 5.60 Å². The van der Waals surface area contributed by atoms with E-state index in [1.807, 2.05) is 0 Å². The molecule has 1 aliphatic rings. The third-order valence-electron chi connectivity index (χ3n) is 3.49. The minimum absolute atomic E-state index is 0.248. The predicted octanol–water partition coefficient (Wildman–Crippen LogP) is 2.53. The van der Waals surface area contributed by atoms with Crippen molar-refractivity contribution in [3.63, 3.8) is 0 Å². The highest BCUT2D eigenvalue weighted by molar-refractivity contribution is 5.36. The molecule has 3 N–H and O–H groups in total. The first kappa shape index (κ1) is 13.3. The zero-order valence-corrected chi connectivity index (χ0v) is 10.7. The summed E-state index contributed by atoms with van der Waals surface area (Å²) in [5.41, 5.74) is 5.69. The van der Waals surface area contributed by atoms with Gasteiger partial charge in [-0.2, -0.15) is 0 Å². The van der Waals surface area contributed by atoms with Gasteiger partial charge < -0.3 is 15.6 Å². The maximum absolute atomic E-state index is 13.2. The number of rotatable bonds is 4. The Morgan fingerprint density at radius 2 is 2.11 bits per heavy atom. The molecule has 1 aromatic carbocycles. The minimum atomic E-state index is -0.733. The minimum Gasteiger partial charge on any atom is -0.490 e. The zero-order valence-electron chi connectivity index (χ0n) is 10.7. The van der Waals surface area contributed by atoms with Crippen LogP contribution in [0.1, 0.15) is 44.2 Å². The Labute approximate surface area is 107 Å². The van der Waals surface area contributed by atoms with Gasteiger partial charge in [0, 0.05) is 11.6 Å². The summed E-state index contributed by atoms with van der Waals surface area (Å²) >= 11 is 0. The van der Waals surface area contributed by atoms with Crippen molar-refractivity contribution in [2.75, 3.05) is 6.61 Å². The summed E-state index contributed by atoms with van der Waals surface area (Å²) in [4.78, 5) is 0. The Morgan fingerprint density at radius 3 is 2.72 bits per heavy atom. The summed E-state index contributed by atoms with van der Waals surface area (Å²) in [6.45, 7) is 2.03. The van der Waals surface area contributed by atoms with Crippen LogP contribution < -0.4 is 10.5 Å². The van der Waals surface area contributed by atoms with Crippen molar-refractivity contribution in [2.45, 2.75) is 44.2 Å². The van der Waals surface area contributed by atoms with Crippen molar-refractivity contribution in [1.29, 1.82) is 0 Å². The lowest BCUT2D eigenvalue weighted by atomic mass is 10.0. The fraction of sp³-hybridized carbons (Fsp3) is 0.571. The second-order valence-electron chi connectivity index (χ2n) is 5.19. The van der Waals surface area contributed by atoms with Crippen LogP contribution in [0.25, 0.3) is 0 Å². The van der Waals surface area contributed by atoms with Crippen molar-refractivity contribution in [1.82, 2.24) is 0 Å². The lowest BCUT2D eigenvalue weighted by Gasteiger charge is -2.23. The molecule has 0 saturated heterocycles. The van der Waals surface area contributed by atoms with Crippen LogP contribution in [0.2, 0.25) is 0 Å². The number of benzene rings is 1. The van der Waals surface area contributed by atoms with Gasteiger partial charge in [0.1, 0.15) is 18.2 Å². The van der Waals surface area contributed by atoms with Gasteiger partial charge >= 0.3 is 0 Å². The van der Waals surface area contributed by atoms with Crippen LogP contribution in [-0.2, 0) is 0 Å². The van der Waals surface area contributed by atoms with E-state index in [9.17, 15) is 9.50 Å². The predicted molar refractivity (Wildman–Crippen MR) is 67.9 cm³/mol. The number of aliphatic hydroxyl groups is 1. The van der Waals surface area contributed by atoms with Gasteiger partial charge in [0.15, 0.2) is 0 Å². The van der Waals surface area contributed by atoms with E-state index in [2.05, 4.69) is 0 Å². The van der Waals surface area contributed by atoms with Crippen LogP contribution in [0, 0.1) is 5.82 Å². The number of ether oxygens (including phenoxy) is 1. The molecule has 0 amide bonds. The van der Waals surface area contributed by atoms with Crippen LogP contribution in [0.15, 0.2) is 18.2 Å². The maximum Gasteiger partial charge on any atom is 0.124 e. The second kappa shape index (κ2) is 5.24. The molecule has 3 nitrogen and oxygen atoms in total. The third-order valence-corrected chi connectivity index (χ3v) is 3.49. The molecular formula is C14H20FNO2. The molecule has 1 aliphatic carbocycles. The molecule has 1 atom stereocenters. The zero-order chi connectivity index (χ0) is 13.2. The largest absolute Gasteiger partial charge is 0.490 e. The molecule has 0 bridgehead atoms. The van der Waals surface area contributed by atoms with Crippen LogP contribution in [0.3, 0.4) is 0 Å². The van der Waals surface area contributed by atoms with Gasteiger partial charge in [0.2, 0.25) is 0 Å². The standard InChI is InChI=1S/C14H20FNO2/c1-10(16)12-8-11(15)4-5-13(12)18-9-14(17)6-2-3-7-14/h4-5,8,10,17H,2-3,6-7,9,16H2,1H3/t10-/m1/s1. The Kier molecular flexibility index (Phi) is 3.88. The number of hydrogen-bond acceptors (Lipinski definition) is 3. The highest BCUT2D eigenvalue weighted by Gasteiger charge is 2.32. The van der Waals surface area contributed by atoms with Gasteiger partial charge in [-0.1, -0.05) is 12.8 Å². The highest BCUT2D eigenvalue weighted by Crippen LogP contribution is 2.31. The van der Waals surface area contributed by atoms with Gasteiger partial charge in [-0.3, -0.25) is 0 Å². The monoisotopic (exact) mass is 253 g/mol. The first-order chi connectivity index (χ1) is 8.50. The van der Waals surface area contributed by atoms with Crippen LogP contribution in [-0.4, -0.2) is 17.3 Å². The van der Waals surface area contributed by atoms with Crippen LogP contribution in [0.5, 0.6) is 5.75 Å². The van der Waals surface area contributed by atoms with E-state index in [1.54, 1.807) is 13.0 Å². The highest BCUT2D eigenvalue weighted by atomic mass is 19.1. The van der Waals surface area contributed by atoms with Gasteiger partial charge in [-0.05, 0) is 38.0 Å². The lowest BCUT2D eigenvalue weighted by Crippen LogP contribution is -2.32. The molecule has 1 saturated carbocycles. The molecule has 0 radical (unpaired) electrons. The number of nitrogens with two attached hydrogens (primary N) is 1. The molecule has 0 aliphatic heterocycles. The maximum atomic E-state index is 13.2. The van der Waals surface area contributed by atoms with E-state index >= 15 is 0 Å². The van der Waals surface area contributed by atoms with Gasteiger partial charge in [-0.15, -0.1) is 0 Å². The summed E-state index contributed by atoms with van der Waals surface area (Å²) in [6.07, 6.45) is 3.59. The first-order valence-electron chi connectivity index (χ1n) is 6.40. The summed E-state index contributed by atoms with van der Waals surface area (Å²) in [6, 6.07) is 4.01. The molecule has 0 heterocycles. The summed E-state index contributed by atoms with van der Waals surface area (Å²) in [5.74, 6) is 0.237. The molecular weight excluding hydrogens is 233 g/mol. The van der Waals surface area contributed by atoms with Crippen molar-refractivity contribution in [2.24, 2.45) is 5.73 Å². The van der Waals surface area contributed by atoms with E-state index in [4.69, 9.17) is 10.5 Å². The van der Waals surface area contributed by atoms with Crippen molar-refractivity contribution in [3.8, 4) is 5.75 Å².